The molecule has 1 aromatic carbocycles. The molecule has 0 radical (unpaired) electrons. The number of rotatable bonds is 1. The maximum absolute atomic E-state index is 5.96. The summed E-state index contributed by atoms with van der Waals surface area (Å²) in [6.07, 6.45) is 2.84. The van der Waals surface area contributed by atoms with Crippen molar-refractivity contribution >= 4 is 11.3 Å². The summed E-state index contributed by atoms with van der Waals surface area (Å²) in [5.41, 5.74) is 13.5. The van der Waals surface area contributed by atoms with Gasteiger partial charge in [-0.15, -0.1) is 0 Å². The van der Waals surface area contributed by atoms with E-state index >= 15 is 0 Å². The summed E-state index contributed by atoms with van der Waals surface area (Å²) >= 11 is 0. The van der Waals surface area contributed by atoms with Crippen molar-refractivity contribution in [2.75, 3.05) is 12.8 Å². The number of hydrogen-bond donors (Lipinski definition) is 1. The maximum Gasteiger partial charge on any atom is 0.140 e. The minimum Gasteiger partial charge on any atom is -0.497 e. The van der Waals surface area contributed by atoms with Crippen LogP contribution in [-0.2, 0) is 6.42 Å². The SMILES string of the molecule is COc1ccc2c(c1)-c1nc3c(C)cc(N)cn3c1C2. The minimum atomic E-state index is 0.767. The zero-order valence-electron chi connectivity index (χ0n) is 11.5. The molecule has 0 spiro atoms. The van der Waals surface area contributed by atoms with Crippen LogP contribution >= 0.6 is 0 Å². The topological polar surface area (TPSA) is 52.5 Å². The van der Waals surface area contributed by atoms with Gasteiger partial charge in [-0.2, -0.15) is 0 Å². The van der Waals surface area contributed by atoms with E-state index in [4.69, 9.17) is 15.5 Å². The molecule has 0 bridgehead atoms. The van der Waals surface area contributed by atoms with Crippen LogP contribution in [0.3, 0.4) is 0 Å². The van der Waals surface area contributed by atoms with Gasteiger partial charge in [0.05, 0.1) is 18.5 Å². The molecule has 2 N–H and O–H groups in total. The summed E-state index contributed by atoms with van der Waals surface area (Å²) in [4.78, 5) is 4.80. The van der Waals surface area contributed by atoms with Crippen molar-refractivity contribution in [3.8, 4) is 17.0 Å². The first kappa shape index (κ1) is 11.3. The van der Waals surface area contributed by atoms with Gasteiger partial charge in [-0.3, -0.25) is 0 Å². The summed E-state index contributed by atoms with van der Waals surface area (Å²) in [6, 6.07) is 8.13. The number of methoxy groups -OCH3 is 1. The van der Waals surface area contributed by atoms with Crippen molar-refractivity contribution in [2.24, 2.45) is 0 Å². The Kier molecular flexibility index (Phi) is 2.13. The standard InChI is InChI=1S/C16H15N3O/c1-9-5-11(17)8-19-14-6-10-3-4-12(20-2)7-13(10)15(14)18-16(9)19/h3-5,7-8H,6,17H2,1-2H3. The fourth-order valence-corrected chi connectivity index (χ4v) is 3.01. The molecule has 0 aliphatic heterocycles. The molecule has 20 heavy (non-hydrogen) atoms. The Hall–Kier alpha value is -2.49. The van der Waals surface area contributed by atoms with Gasteiger partial charge < -0.3 is 14.9 Å². The first-order valence-corrected chi connectivity index (χ1v) is 6.61. The monoisotopic (exact) mass is 265 g/mol. The van der Waals surface area contributed by atoms with Gasteiger partial charge in [0.2, 0.25) is 0 Å². The highest BCUT2D eigenvalue weighted by Crippen LogP contribution is 2.39. The third-order valence-electron chi connectivity index (χ3n) is 3.95. The third-order valence-corrected chi connectivity index (χ3v) is 3.95. The fraction of sp³-hybridized carbons (Fsp3) is 0.188. The third kappa shape index (κ3) is 1.39. The number of fused-ring (bicyclic) bond motifs is 5. The Morgan fingerprint density at radius 1 is 1.30 bits per heavy atom. The van der Waals surface area contributed by atoms with E-state index in [-0.39, 0.29) is 0 Å². The van der Waals surface area contributed by atoms with Crippen LogP contribution in [0.2, 0.25) is 0 Å². The van der Waals surface area contributed by atoms with E-state index < -0.39 is 0 Å². The lowest BCUT2D eigenvalue weighted by Crippen LogP contribution is -1.97. The van der Waals surface area contributed by atoms with Crippen molar-refractivity contribution in [1.29, 1.82) is 0 Å². The number of anilines is 1. The number of hydrogen-bond acceptors (Lipinski definition) is 3. The lowest BCUT2D eigenvalue weighted by molar-refractivity contribution is 0.415. The highest BCUT2D eigenvalue weighted by molar-refractivity contribution is 5.77. The van der Waals surface area contributed by atoms with Crippen molar-refractivity contribution < 1.29 is 4.74 Å². The quantitative estimate of drug-likeness (QED) is 0.576. The van der Waals surface area contributed by atoms with Crippen LogP contribution in [0, 0.1) is 6.92 Å². The molecule has 0 amide bonds. The molecule has 4 heteroatoms. The number of nitrogen functional groups attached to an aromatic ring is 1. The van der Waals surface area contributed by atoms with Gasteiger partial charge >= 0.3 is 0 Å². The van der Waals surface area contributed by atoms with Gasteiger partial charge in [0.15, 0.2) is 0 Å². The lowest BCUT2D eigenvalue weighted by Gasteiger charge is -2.05. The molecule has 2 aromatic heterocycles. The van der Waals surface area contributed by atoms with Crippen LogP contribution < -0.4 is 10.5 Å². The molecule has 0 fully saturated rings. The van der Waals surface area contributed by atoms with Crippen LogP contribution in [0.1, 0.15) is 16.8 Å². The Bertz CT molecular complexity index is 849. The second-order valence-corrected chi connectivity index (χ2v) is 5.26. The largest absolute Gasteiger partial charge is 0.497 e. The first-order chi connectivity index (χ1) is 9.67. The van der Waals surface area contributed by atoms with Gasteiger partial charge in [-0.1, -0.05) is 6.07 Å². The van der Waals surface area contributed by atoms with E-state index in [2.05, 4.69) is 16.5 Å². The summed E-state index contributed by atoms with van der Waals surface area (Å²) in [5, 5.41) is 0. The summed E-state index contributed by atoms with van der Waals surface area (Å²) < 4.78 is 7.43. The first-order valence-electron chi connectivity index (χ1n) is 6.61. The van der Waals surface area contributed by atoms with E-state index in [1.165, 1.54) is 16.8 Å². The zero-order chi connectivity index (χ0) is 13.9. The Morgan fingerprint density at radius 2 is 2.15 bits per heavy atom. The van der Waals surface area contributed by atoms with Gasteiger partial charge in [-0.05, 0) is 36.2 Å². The van der Waals surface area contributed by atoms with Gasteiger partial charge in [0.1, 0.15) is 11.4 Å². The highest BCUT2D eigenvalue weighted by atomic mass is 16.5. The van der Waals surface area contributed by atoms with Gasteiger partial charge in [0, 0.05) is 23.9 Å². The Labute approximate surface area is 116 Å². The molecule has 0 saturated heterocycles. The second kappa shape index (κ2) is 3.76. The van der Waals surface area contributed by atoms with Crippen molar-refractivity contribution in [1.82, 2.24) is 9.38 Å². The molecule has 3 aromatic rings. The van der Waals surface area contributed by atoms with Crippen LogP contribution in [0.15, 0.2) is 30.5 Å². The molecule has 100 valence electrons. The van der Waals surface area contributed by atoms with Gasteiger partial charge in [0.25, 0.3) is 0 Å². The number of aromatic nitrogens is 2. The predicted molar refractivity (Wildman–Crippen MR) is 79.1 cm³/mol. The average molecular weight is 265 g/mol. The predicted octanol–water partition coefficient (Wildman–Crippen LogP) is 2.80. The van der Waals surface area contributed by atoms with E-state index in [0.717, 1.165) is 34.8 Å². The summed E-state index contributed by atoms with van der Waals surface area (Å²) in [7, 11) is 1.69. The number of ether oxygens (including phenoxy) is 1. The number of imidazole rings is 1. The Morgan fingerprint density at radius 3 is 2.95 bits per heavy atom. The molecule has 0 unspecified atom stereocenters. The van der Waals surface area contributed by atoms with Crippen molar-refractivity contribution in [3.63, 3.8) is 0 Å². The van der Waals surface area contributed by atoms with Crippen LogP contribution in [-0.4, -0.2) is 16.5 Å². The molecular formula is C16H15N3O. The highest BCUT2D eigenvalue weighted by Gasteiger charge is 2.25. The molecule has 4 rings (SSSR count). The van der Waals surface area contributed by atoms with E-state index in [1.54, 1.807) is 7.11 Å². The van der Waals surface area contributed by atoms with Crippen molar-refractivity contribution in [2.45, 2.75) is 13.3 Å². The van der Waals surface area contributed by atoms with Gasteiger partial charge in [-0.25, -0.2) is 4.98 Å². The minimum absolute atomic E-state index is 0.767. The number of nitrogens with zero attached hydrogens (tertiary/aromatic N) is 2. The second-order valence-electron chi connectivity index (χ2n) is 5.26. The van der Waals surface area contributed by atoms with E-state index in [0.29, 0.717) is 0 Å². The summed E-state index contributed by atoms with van der Waals surface area (Å²) in [6.45, 7) is 2.04. The molecule has 4 nitrogen and oxygen atoms in total. The number of pyridine rings is 1. The molecular weight excluding hydrogens is 250 g/mol. The molecule has 1 aliphatic rings. The zero-order valence-corrected chi connectivity index (χ0v) is 11.5. The number of benzene rings is 1. The lowest BCUT2D eigenvalue weighted by atomic mass is 10.1. The number of nitrogens with two attached hydrogens (primary N) is 1. The molecule has 0 atom stereocenters. The smallest absolute Gasteiger partial charge is 0.140 e. The van der Waals surface area contributed by atoms with Crippen LogP contribution in [0.5, 0.6) is 5.75 Å². The molecule has 1 aliphatic carbocycles. The fourth-order valence-electron chi connectivity index (χ4n) is 3.01. The van der Waals surface area contributed by atoms with Crippen LogP contribution in [0.25, 0.3) is 16.9 Å². The van der Waals surface area contributed by atoms with Crippen molar-refractivity contribution in [3.05, 3.63) is 47.3 Å². The molecule has 0 saturated carbocycles. The Balaban J connectivity index is 2.03. The summed E-state index contributed by atoms with van der Waals surface area (Å²) in [5.74, 6) is 0.866. The van der Waals surface area contributed by atoms with Crippen LogP contribution in [0.4, 0.5) is 5.69 Å². The van der Waals surface area contributed by atoms with E-state index in [9.17, 15) is 0 Å². The normalized spacial score (nSPS) is 12.5. The number of aryl methyl sites for hydroxylation is 1. The maximum atomic E-state index is 5.96. The molecule has 2 heterocycles. The van der Waals surface area contributed by atoms with E-state index in [1.807, 2.05) is 25.3 Å². The average Bonchev–Trinajstić information content (AvgIpc) is 2.95.